The van der Waals surface area contributed by atoms with Crippen LogP contribution in [-0.2, 0) is 4.79 Å². The van der Waals surface area contributed by atoms with Crippen molar-refractivity contribution in [2.45, 2.75) is 46.1 Å². The number of amides is 3. The van der Waals surface area contributed by atoms with E-state index in [0.29, 0.717) is 19.6 Å². The van der Waals surface area contributed by atoms with E-state index in [1.165, 1.54) is 0 Å². The topological polar surface area (TPSA) is 65.8 Å². The molecule has 1 aromatic heterocycles. The minimum absolute atomic E-state index is 0.0681. The minimum Gasteiger partial charge on any atom is -0.466 e. The van der Waals surface area contributed by atoms with Crippen LogP contribution < -0.4 is 5.32 Å². The van der Waals surface area contributed by atoms with E-state index in [9.17, 15) is 9.59 Å². The predicted octanol–water partition coefficient (Wildman–Crippen LogP) is 2.61. The lowest BCUT2D eigenvalue weighted by atomic mass is 10.1. The van der Waals surface area contributed by atoms with Gasteiger partial charge in [-0.25, -0.2) is 4.79 Å². The van der Waals surface area contributed by atoms with Crippen LogP contribution in [0.2, 0.25) is 0 Å². The molecule has 6 heteroatoms. The third kappa shape index (κ3) is 3.74. The Balaban J connectivity index is 1.55. The summed E-state index contributed by atoms with van der Waals surface area (Å²) in [7, 11) is 0. The molecule has 6 nitrogen and oxygen atoms in total. The van der Waals surface area contributed by atoms with Crippen LogP contribution in [0.5, 0.6) is 0 Å². The maximum atomic E-state index is 12.6. The summed E-state index contributed by atoms with van der Waals surface area (Å²) in [5.74, 6) is 2.22. The normalized spacial score (nSPS) is 19.8. The summed E-state index contributed by atoms with van der Waals surface area (Å²) in [5, 5.41) is 3.05. The van der Waals surface area contributed by atoms with E-state index in [4.69, 9.17) is 4.42 Å². The molecule has 1 saturated carbocycles. The molecule has 0 spiro atoms. The van der Waals surface area contributed by atoms with E-state index in [1.54, 1.807) is 0 Å². The van der Waals surface area contributed by atoms with Gasteiger partial charge in [-0.2, -0.15) is 0 Å². The van der Waals surface area contributed by atoms with Crippen molar-refractivity contribution in [1.29, 1.82) is 0 Å². The number of carbonyl (C=O) groups excluding carboxylic acids is 2. The van der Waals surface area contributed by atoms with Crippen LogP contribution in [0.1, 0.15) is 49.3 Å². The van der Waals surface area contributed by atoms with Crippen molar-refractivity contribution < 1.29 is 14.0 Å². The molecule has 3 amide bonds. The molecule has 1 aromatic rings. The zero-order valence-corrected chi connectivity index (χ0v) is 14.8. The van der Waals surface area contributed by atoms with Gasteiger partial charge in [-0.05, 0) is 46.1 Å². The van der Waals surface area contributed by atoms with Crippen LogP contribution in [0.25, 0.3) is 0 Å². The van der Waals surface area contributed by atoms with E-state index in [2.05, 4.69) is 5.32 Å². The number of hydrogen-bond acceptors (Lipinski definition) is 3. The van der Waals surface area contributed by atoms with Gasteiger partial charge in [0.1, 0.15) is 11.5 Å². The number of rotatable bonds is 3. The maximum Gasteiger partial charge on any atom is 0.317 e. The number of aryl methyl sites for hydroxylation is 2. The number of carbonyl (C=O) groups is 2. The molecule has 1 aliphatic carbocycles. The number of nitrogens with zero attached hydrogens (tertiary/aromatic N) is 2. The molecule has 24 heavy (non-hydrogen) atoms. The highest BCUT2D eigenvalue weighted by Crippen LogP contribution is 2.31. The monoisotopic (exact) mass is 333 g/mol. The first-order chi connectivity index (χ1) is 11.5. The van der Waals surface area contributed by atoms with Crippen molar-refractivity contribution in [2.24, 2.45) is 5.92 Å². The molecule has 0 radical (unpaired) electrons. The maximum absolute atomic E-state index is 12.6. The average Bonchev–Trinajstić information content (AvgIpc) is 3.34. The highest BCUT2D eigenvalue weighted by atomic mass is 16.3. The fraction of sp³-hybridized carbons (Fsp3) is 0.667. The fourth-order valence-electron chi connectivity index (χ4n) is 3.36. The fourth-order valence-corrected chi connectivity index (χ4v) is 3.36. The largest absolute Gasteiger partial charge is 0.466 e. The van der Waals surface area contributed by atoms with Crippen molar-refractivity contribution >= 4 is 11.9 Å². The second-order valence-corrected chi connectivity index (χ2v) is 6.98. The zero-order valence-electron chi connectivity index (χ0n) is 14.8. The van der Waals surface area contributed by atoms with Crippen molar-refractivity contribution in [2.75, 3.05) is 26.2 Å². The van der Waals surface area contributed by atoms with Crippen molar-refractivity contribution in [1.82, 2.24) is 15.1 Å². The molecule has 2 heterocycles. The van der Waals surface area contributed by atoms with Crippen LogP contribution in [0, 0.1) is 19.8 Å². The Bertz CT molecular complexity index is 621. The molecular formula is C18H27N3O3. The Morgan fingerprint density at radius 2 is 1.83 bits per heavy atom. The molecular weight excluding hydrogens is 306 g/mol. The SMILES string of the molecule is Cc1cc([C@H](C)NC(=O)N2CCCN(C(=O)C3CC3)CC2)c(C)o1. The van der Waals surface area contributed by atoms with Crippen LogP contribution >= 0.6 is 0 Å². The summed E-state index contributed by atoms with van der Waals surface area (Å²) in [5.41, 5.74) is 1.02. The van der Waals surface area contributed by atoms with Gasteiger partial charge in [0.15, 0.2) is 0 Å². The smallest absolute Gasteiger partial charge is 0.317 e. The summed E-state index contributed by atoms with van der Waals surface area (Å²) in [6.07, 6.45) is 2.89. The first-order valence-electron chi connectivity index (χ1n) is 8.87. The first kappa shape index (κ1) is 16.9. The summed E-state index contributed by atoms with van der Waals surface area (Å²) in [4.78, 5) is 28.5. The van der Waals surface area contributed by atoms with E-state index < -0.39 is 0 Å². The van der Waals surface area contributed by atoms with Gasteiger partial charge >= 0.3 is 6.03 Å². The third-order valence-electron chi connectivity index (χ3n) is 4.91. The van der Waals surface area contributed by atoms with E-state index in [1.807, 2.05) is 36.6 Å². The van der Waals surface area contributed by atoms with Crippen LogP contribution in [-0.4, -0.2) is 47.9 Å². The number of nitrogens with one attached hydrogen (secondary N) is 1. The summed E-state index contributed by atoms with van der Waals surface area (Å²) in [6, 6.07) is 1.81. The lowest BCUT2D eigenvalue weighted by Crippen LogP contribution is -2.43. The van der Waals surface area contributed by atoms with Gasteiger partial charge in [-0.3, -0.25) is 4.79 Å². The molecule has 0 aromatic carbocycles. The van der Waals surface area contributed by atoms with Gasteiger partial charge in [0, 0.05) is 37.7 Å². The standard InChI is InChI=1S/C18H27N3O3/c1-12-11-16(14(3)24-12)13(2)19-18(23)21-8-4-7-20(9-10-21)17(22)15-5-6-15/h11,13,15H,4-10H2,1-3H3,(H,19,23)/t13-/m0/s1. The van der Waals surface area contributed by atoms with Crippen molar-refractivity contribution in [3.8, 4) is 0 Å². The number of urea groups is 1. The Morgan fingerprint density at radius 1 is 1.17 bits per heavy atom. The van der Waals surface area contributed by atoms with E-state index in [-0.39, 0.29) is 23.9 Å². The third-order valence-corrected chi connectivity index (χ3v) is 4.91. The average molecular weight is 333 g/mol. The number of furan rings is 1. The van der Waals surface area contributed by atoms with Gasteiger partial charge in [0.25, 0.3) is 0 Å². The Hall–Kier alpha value is -1.98. The van der Waals surface area contributed by atoms with Crippen molar-refractivity contribution in [3.05, 3.63) is 23.2 Å². The van der Waals surface area contributed by atoms with Crippen LogP contribution in [0.4, 0.5) is 4.79 Å². The first-order valence-corrected chi connectivity index (χ1v) is 8.87. The molecule has 2 aliphatic rings. The Labute approximate surface area is 143 Å². The summed E-state index contributed by atoms with van der Waals surface area (Å²) < 4.78 is 5.54. The second-order valence-electron chi connectivity index (χ2n) is 6.98. The molecule has 0 bridgehead atoms. The summed E-state index contributed by atoms with van der Waals surface area (Å²) >= 11 is 0. The summed E-state index contributed by atoms with van der Waals surface area (Å²) in [6.45, 7) is 8.48. The van der Waals surface area contributed by atoms with Gasteiger partial charge in [0.05, 0.1) is 6.04 Å². The van der Waals surface area contributed by atoms with Crippen LogP contribution in [0.3, 0.4) is 0 Å². The van der Waals surface area contributed by atoms with E-state index >= 15 is 0 Å². The Morgan fingerprint density at radius 3 is 2.46 bits per heavy atom. The predicted molar refractivity (Wildman–Crippen MR) is 90.6 cm³/mol. The molecule has 3 rings (SSSR count). The Kier molecular flexibility index (Phi) is 4.83. The quantitative estimate of drug-likeness (QED) is 0.925. The van der Waals surface area contributed by atoms with Gasteiger partial charge in [0.2, 0.25) is 5.91 Å². The lowest BCUT2D eigenvalue weighted by molar-refractivity contribution is -0.132. The highest BCUT2D eigenvalue weighted by molar-refractivity contribution is 5.81. The van der Waals surface area contributed by atoms with E-state index in [0.717, 1.165) is 42.9 Å². The molecule has 1 atom stereocenters. The van der Waals surface area contributed by atoms with Gasteiger partial charge in [-0.1, -0.05) is 0 Å². The highest BCUT2D eigenvalue weighted by Gasteiger charge is 2.34. The molecule has 1 N–H and O–H groups in total. The molecule has 1 aliphatic heterocycles. The zero-order chi connectivity index (χ0) is 17.3. The lowest BCUT2D eigenvalue weighted by Gasteiger charge is -2.24. The molecule has 1 saturated heterocycles. The molecule has 132 valence electrons. The van der Waals surface area contributed by atoms with Gasteiger partial charge < -0.3 is 19.5 Å². The minimum atomic E-state index is -0.0950. The van der Waals surface area contributed by atoms with Crippen LogP contribution in [0.15, 0.2) is 10.5 Å². The molecule has 2 fully saturated rings. The second kappa shape index (κ2) is 6.87. The van der Waals surface area contributed by atoms with Gasteiger partial charge in [-0.15, -0.1) is 0 Å². The molecule has 0 unspecified atom stereocenters. The number of hydrogen-bond donors (Lipinski definition) is 1. The van der Waals surface area contributed by atoms with Crippen molar-refractivity contribution in [3.63, 3.8) is 0 Å².